The maximum absolute atomic E-state index is 9.17. The first kappa shape index (κ1) is 12.6. The summed E-state index contributed by atoms with van der Waals surface area (Å²) in [6.07, 6.45) is 0. The van der Waals surface area contributed by atoms with Gasteiger partial charge in [-0.25, -0.2) is 4.98 Å². The van der Waals surface area contributed by atoms with Crippen LogP contribution in [0.1, 0.15) is 21.8 Å². The third-order valence-corrected chi connectivity index (χ3v) is 3.63. The number of nitriles is 1. The Balaban J connectivity index is 2.29. The third-order valence-electron chi connectivity index (χ3n) is 2.81. The number of thiazole rings is 1. The quantitative estimate of drug-likeness (QED) is 0.847. The predicted octanol–water partition coefficient (Wildman–Crippen LogP) is 3.27. The Hall–Kier alpha value is -1.86. The van der Waals surface area contributed by atoms with Crippen LogP contribution < -0.4 is 4.90 Å². The van der Waals surface area contributed by atoms with Crippen LogP contribution in [0.25, 0.3) is 0 Å². The Morgan fingerprint density at radius 3 is 2.78 bits per heavy atom. The van der Waals surface area contributed by atoms with Crippen molar-refractivity contribution in [2.45, 2.75) is 20.4 Å². The van der Waals surface area contributed by atoms with E-state index in [-0.39, 0.29) is 0 Å². The number of aromatic nitrogens is 1. The maximum atomic E-state index is 9.17. The van der Waals surface area contributed by atoms with Crippen LogP contribution in [-0.4, -0.2) is 12.0 Å². The lowest BCUT2D eigenvalue weighted by molar-refractivity contribution is 0.884. The lowest BCUT2D eigenvalue weighted by Crippen LogP contribution is -2.18. The van der Waals surface area contributed by atoms with Gasteiger partial charge in [0, 0.05) is 12.4 Å². The summed E-state index contributed by atoms with van der Waals surface area (Å²) >= 11 is 1.65. The second-order valence-corrected chi connectivity index (χ2v) is 5.36. The van der Waals surface area contributed by atoms with E-state index in [9.17, 15) is 5.26 Å². The van der Waals surface area contributed by atoms with Gasteiger partial charge in [-0.05, 0) is 25.5 Å². The second kappa shape index (κ2) is 5.19. The fourth-order valence-corrected chi connectivity index (χ4v) is 2.66. The van der Waals surface area contributed by atoms with Crippen molar-refractivity contribution in [1.29, 1.82) is 5.26 Å². The van der Waals surface area contributed by atoms with Gasteiger partial charge in [0.15, 0.2) is 0 Å². The molecule has 1 aromatic carbocycles. The molecule has 3 nitrogen and oxygen atoms in total. The van der Waals surface area contributed by atoms with E-state index >= 15 is 0 Å². The van der Waals surface area contributed by atoms with Gasteiger partial charge in [-0.2, -0.15) is 5.26 Å². The molecule has 0 aliphatic heterocycles. The molecule has 2 rings (SSSR count). The zero-order valence-corrected chi connectivity index (χ0v) is 11.6. The summed E-state index contributed by atoms with van der Waals surface area (Å²) in [5.41, 5.74) is 3.87. The molecule has 1 heterocycles. The van der Waals surface area contributed by atoms with Gasteiger partial charge < -0.3 is 4.90 Å². The van der Waals surface area contributed by atoms with Crippen molar-refractivity contribution in [3.8, 4) is 6.07 Å². The van der Waals surface area contributed by atoms with Gasteiger partial charge in [0.05, 0.1) is 28.5 Å². The number of nitrogens with zero attached hydrogens (tertiary/aromatic N) is 3. The van der Waals surface area contributed by atoms with Gasteiger partial charge in [-0.1, -0.05) is 12.1 Å². The van der Waals surface area contributed by atoms with E-state index in [0.717, 1.165) is 28.5 Å². The molecule has 2 aromatic rings. The van der Waals surface area contributed by atoms with Crippen LogP contribution in [0.15, 0.2) is 23.6 Å². The standard InChI is InChI=1S/C14H15N3S/c1-10-5-4-6-12(7-15)14(10)17(3)8-13-9-18-11(2)16-13/h4-6,9H,8H2,1-3H3. The zero-order valence-electron chi connectivity index (χ0n) is 10.8. The van der Waals surface area contributed by atoms with E-state index in [0.29, 0.717) is 5.56 Å². The van der Waals surface area contributed by atoms with E-state index < -0.39 is 0 Å². The molecular weight excluding hydrogens is 242 g/mol. The molecule has 0 radical (unpaired) electrons. The Morgan fingerprint density at radius 2 is 2.17 bits per heavy atom. The van der Waals surface area contributed by atoms with Crippen LogP contribution in [-0.2, 0) is 6.54 Å². The molecule has 0 aliphatic rings. The van der Waals surface area contributed by atoms with Crippen molar-refractivity contribution < 1.29 is 0 Å². The number of para-hydroxylation sites is 1. The molecule has 4 heteroatoms. The maximum Gasteiger partial charge on any atom is 0.101 e. The first-order valence-electron chi connectivity index (χ1n) is 5.73. The smallest absolute Gasteiger partial charge is 0.101 e. The van der Waals surface area contributed by atoms with Gasteiger partial charge in [0.2, 0.25) is 0 Å². The van der Waals surface area contributed by atoms with E-state index in [4.69, 9.17) is 0 Å². The zero-order chi connectivity index (χ0) is 13.1. The topological polar surface area (TPSA) is 39.9 Å². The molecule has 18 heavy (non-hydrogen) atoms. The lowest BCUT2D eigenvalue weighted by atomic mass is 10.1. The Labute approximate surface area is 111 Å². The summed E-state index contributed by atoms with van der Waals surface area (Å²) in [5.74, 6) is 0. The molecule has 0 amide bonds. The first-order chi connectivity index (χ1) is 8.61. The molecule has 0 spiro atoms. The number of anilines is 1. The molecule has 0 N–H and O–H groups in total. The summed E-state index contributed by atoms with van der Waals surface area (Å²) in [4.78, 5) is 6.54. The van der Waals surface area contributed by atoms with Crippen LogP contribution in [0.2, 0.25) is 0 Å². The fraction of sp³-hybridized carbons (Fsp3) is 0.286. The second-order valence-electron chi connectivity index (χ2n) is 4.30. The van der Waals surface area contributed by atoms with E-state index in [1.165, 1.54) is 0 Å². The Bertz CT molecular complexity index is 595. The van der Waals surface area contributed by atoms with Crippen molar-refractivity contribution in [2.75, 3.05) is 11.9 Å². The number of benzene rings is 1. The molecule has 0 saturated carbocycles. The molecule has 0 aliphatic carbocycles. The SMILES string of the molecule is Cc1nc(CN(C)c2c(C)cccc2C#N)cs1. The molecule has 0 fully saturated rings. The first-order valence-corrected chi connectivity index (χ1v) is 6.61. The molecule has 0 unspecified atom stereocenters. The highest BCUT2D eigenvalue weighted by Gasteiger charge is 2.11. The molecule has 92 valence electrons. The average molecular weight is 257 g/mol. The van der Waals surface area contributed by atoms with Gasteiger partial charge in [0.1, 0.15) is 6.07 Å². The van der Waals surface area contributed by atoms with Crippen LogP contribution in [0, 0.1) is 25.2 Å². The summed E-state index contributed by atoms with van der Waals surface area (Å²) in [7, 11) is 2.00. The minimum Gasteiger partial charge on any atom is -0.367 e. The van der Waals surface area contributed by atoms with Crippen LogP contribution in [0.3, 0.4) is 0 Å². The van der Waals surface area contributed by atoms with Crippen molar-refractivity contribution in [2.24, 2.45) is 0 Å². The third kappa shape index (κ3) is 2.52. The summed E-state index contributed by atoms with van der Waals surface area (Å²) in [6, 6.07) is 8.04. The van der Waals surface area contributed by atoms with Crippen molar-refractivity contribution >= 4 is 17.0 Å². The van der Waals surface area contributed by atoms with Gasteiger partial charge >= 0.3 is 0 Å². The molecule has 0 atom stereocenters. The minimum atomic E-state index is 0.712. The van der Waals surface area contributed by atoms with Gasteiger partial charge in [0.25, 0.3) is 0 Å². The average Bonchev–Trinajstić information content (AvgIpc) is 2.74. The van der Waals surface area contributed by atoms with Crippen LogP contribution in [0.4, 0.5) is 5.69 Å². The van der Waals surface area contributed by atoms with Crippen molar-refractivity contribution in [3.05, 3.63) is 45.4 Å². The molecule has 0 saturated heterocycles. The van der Waals surface area contributed by atoms with Crippen molar-refractivity contribution in [3.63, 3.8) is 0 Å². The summed E-state index contributed by atoms with van der Waals surface area (Å²) < 4.78 is 0. The Morgan fingerprint density at radius 1 is 1.39 bits per heavy atom. The van der Waals surface area contributed by atoms with E-state index in [2.05, 4.69) is 21.3 Å². The van der Waals surface area contributed by atoms with E-state index in [1.807, 2.05) is 39.1 Å². The highest BCUT2D eigenvalue weighted by molar-refractivity contribution is 7.09. The number of hydrogen-bond donors (Lipinski definition) is 0. The van der Waals surface area contributed by atoms with Crippen molar-refractivity contribution in [1.82, 2.24) is 4.98 Å². The van der Waals surface area contributed by atoms with Crippen LogP contribution in [0.5, 0.6) is 0 Å². The molecule has 1 aromatic heterocycles. The molecule has 0 bridgehead atoms. The van der Waals surface area contributed by atoms with E-state index in [1.54, 1.807) is 11.3 Å². The monoisotopic (exact) mass is 257 g/mol. The highest BCUT2D eigenvalue weighted by atomic mass is 32.1. The summed E-state index contributed by atoms with van der Waals surface area (Å²) in [5, 5.41) is 12.3. The predicted molar refractivity (Wildman–Crippen MR) is 74.9 cm³/mol. The summed E-state index contributed by atoms with van der Waals surface area (Å²) in [6.45, 7) is 4.76. The lowest BCUT2D eigenvalue weighted by Gasteiger charge is -2.21. The fourth-order valence-electron chi connectivity index (χ4n) is 2.06. The normalized spacial score (nSPS) is 10.1. The molecular formula is C14H15N3S. The highest BCUT2D eigenvalue weighted by Crippen LogP contribution is 2.25. The number of aryl methyl sites for hydroxylation is 2. The van der Waals surface area contributed by atoms with Gasteiger partial charge in [-0.3, -0.25) is 0 Å². The number of rotatable bonds is 3. The van der Waals surface area contributed by atoms with Gasteiger partial charge in [-0.15, -0.1) is 11.3 Å². The minimum absolute atomic E-state index is 0.712. The number of hydrogen-bond acceptors (Lipinski definition) is 4. The van der Waals surface area contributed by atoms with Crippen LogP contribution >= 0.6 is 11.3 Å². The largest absolute Gasteiger partial charge is 0.367 e. The Kier molecular flexibility index (Phi) is 3.63.